The Balaban J connectivity index is 1.61. The van der Waals surface area contributed by atoms with Crippen LogP contribution in [0.15, 0.2) is 0 Å². The summed E-state index contributed by atoms with van der Waals surface area (Å²) in [5, 5.41) is 0. The first kappa shape index (κ1) is 15.3. The van der Waals surface area contributed by atoms with E-state index in [1.165, 1.54) is 0 Å². The van der Waals surface area contributed by atoms with Crippen LogP contribution in [0.4, 0.5) is 0 Å². The summed E-state index contributed by atoms with van der Waals surface area (Å²) in [5.41, 5.74) is 0. The van der Waals surface area contributed by atoms with E-state index in [9.17, 15) is 4.79 Å². The molecule has 0 bridgehead atoms. The van der Waals surface area contributed by atoms with Crippen molar-refractivity contribution in [2.75, 3.05) is 26.4 Å². The molecule has 21 heavy (non-hydrogen) atoms. The minimum Gasteiger partial charge on any atom is -0.378 e. The van der Waals surface area contributed by atoms with Crippen molar-refractivity contribution in [2.45, 2.75) is 63.9 Å². The number of amides is 1. The normalized spacial score (nSPS) is 36.2. The SMILES string of the molecule is CC(C)OCC1CCC2C1OCCN2C(=O)C1CCCO1. The number of rotatable bonds is 4. The Hall–Kier alpha value is -0.650. The van der Waals surface area contributed by atoms with Crippen LogP contribution in [0.1, 0.15) is 39.5 Å². The zero-order valence-electron chi connectivity index (χ0n) is 13.1. The summed E-state index contributed by atoms with van der Waals surface area (Å²) in [5.74, 6) is 0.591. The van der Waals surface area contributed by atoms with Gasteiger partial charge in [0.05, 0.1) is 31.5 Å². The summed E-state index contributed by atoms with van der Waals surface area (Å²) in [6, 6.07) is 0.219. The van der Waals surface area contributed by atoms with E-state index >= 15 is 0 Å². The third-order valence-electron chi connectivity index (χ3n) is 4.85. The highest BCUT2D eigenvalue weighted by Gasteiger charge is 2.45. The lowest BCUT2D eigenvalue weighted by Crippen LogP contribution is -2.55. The molecule has 3 aliphatic rings. The molecule has 2 heterocycles. The maximum Gasteiger partial charge on any atom is 0.252 e. The molecule has 0 aromatic heterocycles. The summed E-state index contributed by atoms with van der Waals surface area (Å²) in [4.78, 5) is 14.7. The zero-order chi connectivity index (χ0) is 14.8. The van der Waals surface area contributed by atoms with Gasteiger partial charge in [-0.25, -0.2) is 0 Å². The Morgan fingerprint density at radius 2 is 2.10 bits per heavy atom. The molecule has 1 aliphatic carbocycles. The van der Waals surface area contributed by atoms with Gasteiger partial charge in [-0.1, -0.05) is 0 Å². The quantitative estimate of drug-likeness (QED) is 0.791. The average molecular weight is 297 g/mol. The molecular weight excluding hydrogens is 270 g/mol. The average Bonchev–Trinajstić information content (AvgIpc) is 3.13. The van der Waals surface area contributed by atoms with E-state index in [0.717, 1.165) is 38.9 Å². The maximum atomic E-state index is 12.6. The molecule has 0 N–H and O–H groups in total. The predicted octanol–water partition coefficient (Wildman–Crippen LogP) is 1.60. The number of hydrogen-bond donors (Lipinski definition) is 0. The third kappa shape index (κ3) is 3.25. The second-order valence-corrected chi connectivity index (χ2v) is 6.66. The van der Waals surface area contributed by atoms with E-state index in [0.29, 0.717) is 19.1 Å². The Bertz CT molecular complexity index is 367. The topological polar surface area (TPSA) is 48.0 Å². The van der Waals surface area contributed by atoms with Crippen LogP contribution in [-0.4, -0.2) is 61.5 Å². The molecule has 3 rings (SSSR count). The summed E-state index contributed by atoms with van der Waals surface area (Å²) < 4.78 is 17.3. The minimum absolute atomic E-state index is 0.142. The summed E-state index contributed by atoms with van der Waals surface area (Å²) in [6.07, 6.45) is 4.15. The fraction of sp³-hybridized carbons (Fsp3) is 0.938. The Morgan fingerprint density at radius 3 is 2.81 bits per heavy atom. The molecule has 1 saturated carbocycles. The van der Waals surface area contributed by atoms with Crippen LogP contribution in [0.5, 0.6) is 0 Å². The molecule has 4 atom stereocenters. The van der Waals surface area contributed by atoms with Gasteiger partial charge in [0.15, 0.2) is 0 Å². The highest BCUT2D eigenvalue weighted by molar-refractivity contribution is 5.81. The van der Waals surface area contributed by atoms with Crippen molar-refractivity contribution in [3.63, 3.8) is 0 Å². The van der Waals surface area contributed by atoms with Crippen LogP contribution in [0, 0.1) is 5.92 Å². The van der Waals surface area contributed by atoms with E-state index in [1.807, 2.05) is 4.90 Å². The molecule has 2 saturated heterocycles. The summed E-state index contributed by atoms with van der Waals surface area (Å²) >= 11 is 0. The van der Waals surface area contributed by atoms with Crippen molar-refractivity contribution in [2.24, 2.45) is 5.92 Å². The summed E-state index contributed by atoms with van der Waals surface area (Å²) in [7, 11) is 0. The van der Waals surface area contributed by atoms with Gasteiger partial charge in [-0.2, -0.15) is 0 Å². The number of carbonyl (C=O) groups is 1. The first-order valence-corrected chi connectivity index (χ1v) is 8.32. The smallest absolute Gasteiger partial charge is 0.252 e. The van der Waals surface area contributed by atoms with Crippen molar-refractivity contribution in [1.29, 1.82) is 0 Å². The molecule has 120 valence electrons. The second-order valence-electron chi connectivity index (χ2n) is 6.66. The number of hydrogen-bond acceptors (Lipinski definition) is 4. The van der Waals surface area contributed by atoms with Gasteiger partial charge in [0.2, 0.25) is 0 Å². The van der Waals surface area contributed by atoms with Crippen molar-refractivity contribution < 1.29 is 19.0 Å². The molecular formula is C16H27NO4. The zero-order valence-corrected chi connectivity index (χ0v) is 13.1. The van der Waals surface area contributed by atoms with E-state index in [4.69, 9.17) is 14.2 Å². The lowest BCUT2D eigenvalue weighted by molar-refractivity contribution is -0.156. The van der Waals surface area contributed by atoms with Crippen molar-refractivity contribution in [3.05, 3.63) is 0 Å². The first-order valence-electron chi connectivity index (χ1n) is 8.32. The van der Waals surface area contributed by atoms with E-state index < -0.39 is 0 Å². The molecule has 2 aliphatic heterocycles. The third-order valence-corrected chi connectivity index (χ3v) is 4.85. The largest absolute Gasteiger partial charge is 0.378 e. The van der Waals surface area contributed by atoms with E-state index in [-0.39, 0.29) is 30.3 Å². The number of morpholine rings is 1. The van der Waals surface area contributed by atoms with Crippen molar-refractivity contribution in [3.8, 4) is 0 Å². The van der Waals surface area contributed by atoms with Crippen molar-refractivity contribution >= 4 is 5.91 Å². The van der Waals surface area contributed by atoms with Gasteiger partial charge in [-0.3, -0.25) is 4.79 Å². The highest BCUT2D eigenvalue weighted by atomic mass is 16.5. The van der Waals surface area contributed by atoms with Gasteiger partial charge < -0.3 is 19.1 Å². The summed E-state index contributed by atoms with van der Waals surface area (Å²) in [6.45, 7) is 6.92. The van der Waals surface area contributed by atoms with Crippen LogP contribution >= 0.6 is 0 Å². The van der Waals surface area contributed by atoms with Gasteiger partial charge >= 0.3 is 0 Å². The van der Waals surface area contributed by atoms with E-state index in [1.54, 1.807) is 0 Å². The maximum absolute atomic E-state index is 12.6. The number of nitrogens with zero attached hydrogens (tertiary/aromatic N) is 1. The molecule has 0 aromatic carbocycles. The van der Waals surface area contributed by atoms with Crippen LogP contribution in [-0.2, 0) is 19.0 Å². The minimum atomic E-state index is -0.213. The van der Waals surface area contributed by atoms with Gasteiger partial charge in [0.1, 0.15) is 6.10 Å². The Morgan fingerprint density at radius 1 is 1.24 bits per heavy atom. The standard InChI is InChI=1S/C16H27NO4/c1-11(2)21-10-12-5-6-13-15(12)20-9-7-17(13)16(18)14-4-3-8-19-14/h11-15H,3-10H2,1-2H3. The molecule has 5 nitrogen and oxygen atoms in total. The first-order chi connectivity index (χ1) is 10.2. The van der Waals surface area contributed by atoms with Gasteiger partial charge in [-0.15, -0.1) is 0 Å². The lowest BCUT2D eigenvalue weighted by atomic mass is 10.0. The van der Waals surface area contributed by atoms with Crippen LogP contribution < -0.4 is 0 Å². The number of carbonyl (C=O) groups excluding carboxylic acids is 1. The Labute approximate surface area is 126 Å². The molecule has 0 radical (unpaired) electrons. The van der Waals surface area contributed by atoms with Gasteiger partial charge in [-0.05, 0) is 39.5 Å². The molecule has 0 spiro atoms. The second kappa shape index (κ2) is 6.63. The molecule has 3 fully saturated rings. The molecule has 1 amide bonds. The lowest BCUT2D eigenvalue weighted by Gasteiger charge is -2.40. The van der Waals surface area contributed by atoms with E-state index in [2.05, 4.69) is 13.8 Å². The van der Waals surface area contributed by atoms with Crippen LogP contribution in [0.2, 0.25) is 0 Å². The molecule has 5 heteroatoms. The monoisotopic (exact) mass is 297 g/mol. The highest BCUT2D eigenvalue weighted by Crippen LogP contribution is 2.36. The fourth-order valence-electron chi connectivity index (χ4n) is 3.79. The fourth-order valence-corrected chi connectivity index (χ4v) is 3.79. The Kier molecular flexibility index (Phi) is 4.82. The molecule has 4 unspecified atom stereocenters. The van der Waals surface area contributed by atoms with Crippen molar-refractivity contribution in [1.82, 2.24) is 4.90 Å². The van der Waals surface area contributed by atoms with Gasteiger partial charge in [0, 0.05) is 19.1 Å². The number of fused-ring (bicyclic) bond motifs is 1. The molecule has 0 aromatic rings. The number of ether oxygens (including phenoxy) is 3. The van der Waals surface area contributed by atoms with Gasteiger partial charge in [0.25, 0.3) is 5.91 Å². The predicted molar refractivity (Wildman–Crippen MR) is 78.0 cm³/mol. The van der Waals surface area contributed by atoms with Crippen LogP contribution in [0.3, 0.4) is 0 Å². The van der Waals surface area contributed by atoms with Crippen LogP contribution in [0.25, 0.3) is 0 Å².